The number of anilines is 1. The summed E-state index contributed by atoms with van der Waals surface area (Å²) in [4.78, 5) is 12.6. The summed E-state index contributed by atoms with van der Waals surface area (Å²) in [6.45, 7) is 4.26. The van der Waals surface area contributed by atoms with Crippen LogP contribution in [0.1, 0.15) is 22.3 Å². The third-order valence-electron chi connectivity index (χ3n) is 4.99. The van der Waals surface area contributed by atoms with Gasteiger partial charge < -0.3 is 14.8 Å². The van der Waals surface area contributed by atoms with Gasteiger partial charge in [-0.05, 0) is 78.6 Å². The molecular weight excluding hydrogens is 504 g/mol. The van der Waals surface area contributed by atoms with Crippen molar-refractivity contribution in [3.05, 3.63) is 91.9 Å². The van der Waals surface area contributed by atoms with Crippen LogP contribution in [0, 0.1) is 25.2 Å². The summed E-state index contributed by atoms with van der Waals surface area (Å²) in [7, 11) is 1.50. The highest BCUT2D eigenvalue weighted by molar-refractivity contribution is 9.10. The molecule has 168 valence electrons. The van der Waals surface area contributed by atoms with Crippen LogP contribution in [0.25, 0.3) is 6.08 Å². The Hall–Kier alpha value is -3.27. The van der Waals surface area contributed by atoms with E-state index in [1.54, 1.807) is 18.2 Å². The molecule has 3 aromatic rings. The van der Waals surface area contributed by atoms with Crippen LogP contribution in [-0.4, -0.2) is 13.0 Å². The van der Waals surface area contributed by atoms with Gasteiger partial charge in [-0.15, -0.1) is 0 Å². The van der Waals surface area contributed by atoms with Crippen molar-refractivity contribution in [1.82, 2.24) is 0 Å². The standard InChI is InChI=1S/C26H22BrClN2O3/c1-16-4-9-22(10-17(16)2)30-26(31)20(14-29)11-19-12-23(28)25(24(13-19)32-3)33-15-18-5-7-21(27)8-6-18/h4-13H,15H2,1-3H3,(H,30,31)/b20-11+. The molecule has 0 aliphatic carbocycles. The first-order valence-electron chi connectivity index (χ1n) is 10.1. The van der Waals surface area contributed by atoms with Gasteiger partial charge in [-0.3, -0.25) is 4.79 Å². The number of aryl methyl sites for hydroxylation is 2. The van der Waals surface area contributed by atoms with E-state index in [4.69, 9.17) is 21.1 Å². The van der Waals surface area contributed by atoms with E-state index >= 15 is 0 Å². The van der Waals surface area contributed by atoms with E-state index in [-0.39, 0.29) is 5.57 Å². The van der Waals surface area contributed by atoms with Crippen molar-refractivity contribution < 1.29 is 14.3 Å². The molecule has 33 heavy (non-hydrogen) atoms. The number of carbonyl (C=O) groups is 1. The summed E-state index contributed by atoms with van der Waals surface area (Å²) in [6, 6.07) is 18.6. The number of nitriles is 1. The predicted molar refractivity (Wildman–Crippen MR) is 135 cm³/mol. The topological polar surface area (TPSA) is 71.3 Å². The Morgan fingerprint density at radius 1 is 1.12 bits per heavy atom. The van der Waals surface area contributed by atoms with E-state index in [9.17, 15) is 10.1 Å². The van der Waals surface area contributed by atoms with Crippen molar-refractivity contribution in [3.63, 3.8) is 0 Å². The third kappa shape index (κ3) is 6.38. The molecule has 0 aliphatic heterocycles. The highest BCUT2D eigenvalue weighted by Gasteiger charge is 2.15. The molecule has 5 nitrogen and oxygen atoms in total. The van der Waals surface area contributed by atoms with Crippen molar-refractivity contribution in [3.8, 4) is 17.6 Å². The molecule has 0 aliphatic rings. The summed E-state index contributed by atoms with van der Waals surface area (Å²) in [6.07, 6.45) is 1.46. The minimum atomic E-state index is -0.508. The van der Waals surface area contributed by atoms with Crippen molar-refractivity contribution in [1.29, 1.82) is 5.26 Å². The number of benzene rings is 3. The molecule has 0 radical (unpaired) electrons. The molecule has 0 saturated heterocycles. The van der Waals surface area contributed by atoms with Crippen LogP contribution in [0.5, 0.6) is 11.5 Å². The van der Waals surface area contributed by atoms with Crippen LogP contribution < -0.4 is 14.8 Å². The highest BCUT2D eigenvalue weighted by Crippen LogP contribution is 2.37. The fraction of sp³-hybridized carbons (Fsp3) is 0.154. The molecule has 3 rings (SSSR count). The Morgan fingerprint density at radius 2 is 1.85 bits per heavy atom. The maximum absolute atomic E-state index is 12.6. The molecule has 3 aromatic carbocycles. The van der Waals surface area contributed by atoms with E-state index in [1.165, 1.54) is 13.2 Å². The number of amides is 1. The number of carbonyl (C=O) groups excluding carboxylic acids is 1. The number of ether oxygens (including phenoxy) is 2. The molecule has 0 saturated carbocycles. The Bertz CT molecular complexity index is 1250. The van der Waals surface area contributed by atoms with Crippen LogP contribution in [-0.2, 0) is 11.4 Å². The average Bonchev–Trinajstić information content (AvgIpc) is 2.79. The van der Waals surface area contributed by atoms with E-state index in [1.807, 2.05) is 56.3 Å². The molecule has 0 spiro atoms. The zero-order valence-electron chi connectivity index (χ0n) is 18.4. The maximum atomic E-state index is 12.6. The molecule has 7 heteroatoms. The maximum Gasteiger partial charge on any atom is 0.266 e. The lowest BCUT2D eigenvalue weighted by Gasteiger charge is -2.14. The van der Waals surface area contributed by atoms with Gasteiger partial charge in [0.25, 0.3) is 5.91 Å². The van der Waals surface area contributed by atoms with Gasteiger partial charge in [-0.2, -0.15) is 5.26 Å². The van der Waals surface area contributed by atoms with Gasteiger partial charge in [0.1, 0.15) is 18.2 Å². The third-order valence-corrected chi connectivity index (χ3v) is 5.80. The molecule has 0 fully saturated rings. The molecule has 0 heterocycles. The van der Waals surface area contributed by atoms with Crippen LogP contribution in [0.3, 0.4) is 0 Å². The molecule has 1 N–H and O–H groups in total. The Morgan fingerprint density at radius 3 is 2.48 bits per heavy atom. The second kappa shape index (κ2) is 11.0. The Labute approximate surface area is 206 Å². The summed E-state index contributed by atoms with van der Waals surface area (Å²) >= 11 is 9.85. The zero-order valence-corrected chi connectivity index (χ0v) is 20.8. The summed E-state index contributed by atoms with van der Waals surface area (Å²) in [5.74, 6) is 0.279. The van der Waals surface area contributed by atoms with Gasteiger partial charge in [0.15, 0.2) is 11.5 Å². The lowest BCUT2D eigenvalue weighted by atomic mass is 10.1. The van der Waals surface area contributed by atoms with Gasteiger partial charge >= 0.3 is 0 Å². The monoisotopic (exact) mass is 524 g/mol. The van der Waals surface area contributed by atoms with Crippen LogP contribution >= 0.6 is 27.5 Å². The highest BCUT2D eigenvalue weighted by atomic mass is 79.9. The number of nitrogens with zero attached hydrogens (tertiary/aromatic N) is 1. The predicted octanol–water partition coefficient (Wildman–Crippen LogP) is 6.85. The van der Waals surface area contributed by atoms with Gasteiger partial charge in [0, 0.05) is 10.2 Å². The summed E-state index contributed by atoms with van der Waals surface area (Å²) < 4.78 is 12.3. The number of rotatable bonds is 7. The quantitative estimate of drug-likeness (QED) is 0.270. The Kier molecular flexibility index (Phi) is 8.16. The lowest BCUT2D eigenvalue weighted by Crippen LogP contribution is -2.13. The van der Waals surface area contributed by atoms with Gasteiger partial charge in [-0.1, -0.05) is 45.7 Å². The first kappa shape index (κ1) is 24.4. The summed E-state index contributed by atoms with van der Waals surface area (Å²) in [5.41, 5.74) is 4.24. The minimum Gasteiger partial charge on any atom is -0.493 e. The molecule has 0 unspecified atom stereocenters. The average molecular weight is 526 g/mol. The van der Waals surface area contributed by atoms with Gasteiger partial charge in [-0.25, -0.2) is 0 Å². The van der Waals surface area contributed by atoms with E-state index in [0.717, 1.165) is 21.2 Å². The number of nitrogens with one attached hydrogen (secondary N) is 1. The smallest absolute Gasteiger partial charge is 0.266 e. The first-order valence-corrected chi connectivity index (χ1v) is 11.2. The van der Waals surface area contributed by atoms with Crippen molar-refractivity contribution in [2.45, 2.75) is 20.5 Å². The zero-order chi connectivity index (χ0) is 24.0. The normalized spacial score (nSPS) is 11.0. The first-order chi connectivity index (χ1) is 15.8. The fourth-order valence-corrected chi connectivity index (χ4v) is 3.57. The second-order valence-electron chi connectivity index (χ2n) is 7.37. The van der Waals surface area contributed by atoms with Crippen molar-refractivity contribution >= 4 is 45.2 Å². The van der Waals surface area contributed by atoms with Crippen molar-refractivity contribution in [2.24, 2.45) is 0 Å². The number of methoxy groups -OCH3 is 1. The van der Waals surface area contributed by atoms with E-state index in [2.05, 4.69) is 21.2 Å². The Balaban J connectivity index is 1.81. The van der Waals surface area contributed by atoms with Gasteiger partial charge in [0.2, 0.25) is 0 Å². The summed E-state index contributed by atoms with van der Waals surface area (Å²) in [5, 5.41) is 12.6. The number of halogens is 2. The van der Waals surface area contributed by atoms with E-state index in [0.29, 0.717) is 34.4 Å². The van der Waals surface area contributed by atoms with Crippen LogP contribution in [0.15, 0.2) is 64.6 Å². The molecule has 1 amide bonds. The molecular formula is C26H22BrClN2O3. The van der Waals surface area contributed by atoms with Crippen LogP contribution in [0.4, 0.5) is 5.69 Å². The SMILES string of the molecule is COc1cc(/C=C(\C#N)C(=O)Nc2ccc(C)c(C)c2)cc(Cl)c1OCc1ccc(Br)cc1. The van der Waals surface area contributed by atoms with Gasteiger partial charge in [0.05, 0.1) is 12.1 Å². The van der Waals surface area contributed by atoms with Crippen molar-refractivity contribution in [2.75, 3.05) is 12.4 Å². The lowest BCUT2D eigenvalue weighted by molar-refractivity contribution is -0.112. The molecule has 0 bridgehead atoms. The van der Waals surface area contributed by atoms with Crippen LogP contribution in [0.2, 0.25) is 5.02 Å². The molecule has 0 atom stereocenters. The van der Waals surface area contributed by atoms with E-state index < -0.39 is 5.91 Å². The second-order valence-corrected chi connectivity index (χ2v) is 8.70. The minimum absolute atomic E-state index is 0.0603. The number of hydrogen-bond donors (Lipinski definition) is 1. The number of hydrogen-bond acceptors (Lipinski definition) is 4. The molecule has 0 aromatic heterocycles. The largest absolute Gasteiger partial charge is 0.493 e. The fourth-order valence-electron chi connectivity index (χ4n) is 3.03.